The quantitative estimate of drug-likeness (QED) is 0.902. The number of carboxylic acids is 1. The van der Waals surface area contributed by atoms with E-state index in [1.54, 1.807) is 11.3 Å². The maximum Gasteiger partial charge on any atom is 0.310 e. The third-order valence-corrected chi connectivity index (χ3v) is 5.21. The van der Waals surface area contributed by atoms with Gasteiger partial charge in [-0.15, -0.1) is 11.3 Å². The molecular formula is C14H22N2O2S. The van der Waals surface area contributed by atoms with E-state index in [2.05, 4.69) is 29.1 Å². The molecule has 2 rings (SSSR count). The largest absolute Gasteiger partial charge is 0.481 e. The Morgan fingerprint density at radius 1 is 1.63 bits per heavy atom. The third-order valence-electron chi connectivity index (χ3n) is 4.01. The summed E-state index contributed by atoms with van der Waals surface area (Å²) in [4.78, 5) is 18.2. The lowest BCUT2D eigenvalue weighted by Crippen LogP contribution is -2.33. The van der Waals surface area contributed by atoms with Crippen LogP contribution in [0.2, 0.25) is 0 Å². The van der Waals surface area contributed by atoms with Crippen LogP contribution in [-0.2, 0) is 11.3 Å². The van der Waals surface area contributed by atoms with Crippen LogP contribution in [0.25, 0.3) is 0 Å². The average Bonchev–Trinajstić information content (AvgIpc) is 2.97. The fourth-order valence-electron chi connectivity index (χ4n) is 2.60. The first-order valence-corrected chi connectivity index (χ1v) is 7.75. The molecule has 1 aliphatic heterocycles. The molecule has 1 aromatic rings. The van der Waals surface area contributed by atoms with Gasteiger partial charge in [0, 0.05) is 24.4 Å². The summed E-state index contributed by atoms with van der Waals surface area (Å²) in [5.74, 6) is -0.190. The van der Waals surface area contributed by atoms with Crippen molar-refractivity contribution in [3.05, 3.63) is 16.1 Å². The van der Waals surface area contributed by atoms with E-state index in [9.17, 15) is 9.90 Å². The van der Waals surface area contributed by atoms with Crippen molar-refractivity contribution in [2.24, 2.45) is 5.41 Å². The van der Waals surface area contributed by atoms with Crippen LogP contribution in [0.1, 0.15) is 50.2 Å². The minimum atomic E-state index is -0.654. The molecule has 1 fully saturated rings. The summed E-state index contributed by atoms with van der Waals surface area (Å²) in [6, 6.07) is 0. The Balaban J connectivity index is 1.99. The molecule has 5 heteroatoms. The zero-order valence-electron chi connectivity index (χ0n) is 11.8. The highest BCUT2D eigenvalue weighted by molar-refractivity contribution is 7.09. The molecule has 106 valence electrons. The lowest BCUT2D eigenvalue weighted by Gasteiger charge is -2.22. The zero-order chi connectivity index (χ0) is 14.0. The van der Waals surface area contributed by atoms with Crippen molar-refractivity contribution in [2.75, 3.05) is 13.1 Å². The Morgan fingerprint density at radius 3 is 2.84 bits per heavy atom. The van der Waals surface area contributed by atoms with Crippen molar-refractivity contribution in [2.45, 2.75) is 46.1 Å². The van der Waals surface area contributed by atoms with Crippen molar-refractivity contribution < 1.29 is 9.90 Å². The van der Waals surface area contributed by atoms with Gasteiger partial charge in [0.05, 0.1) is 16.1 Å². The van der Waals surface area contributed by atoms with Crippen molar-refractivity contribution >= 4 is 17.3 Å². The van der Waals surface area contributed by atoms with Crippen molar-refractivity contribution in [3.8, 4) is 0 Å². The molecule has 0 aliphatic carbocycles. The Kier molecular flexibility index (Phi) is 4.26. The van der Waals surface area contributed by atoms with E-state index in [-0.39, 0.29) is 0 Å². The Labute approximate surface area is 118 Å². The van der Waals surface area contributed by atoms with Crippen molar-refractivity contribution in [1.82, 2.24) is 9.88 Å². The highest BCUT2D eigenvalue weighted by Crippen LogP contribution is 2.35. The van der Waals surface area contributed by atoms with Gasteiger partial charge in [-0.3, -0.25) is 9.69 Å². The third kappa shape index (κ3) is 2.98. The normalized spacial score (nSPS) is 24.2. The number of hydrogen-bond donors (Lipinski definition) is 1. The summed E-state index contributed by atoms with van der Waals surface area (Å²) in [6.07, 6.45) is 1.45. The Hall–Kier alpha value is -0.940. The molecule has 0 aromatic carbocycles. The minimum absolute atomic E-state index is 0.464. The summed E-state index contributed by atoms with van der Waals surface area (Å²) < 4.78 is 0. The number of nitrogens with zero attached hydrogens (tertiary/aromatic N) is 2. The average molecular weight is 282 g/mol. The fourth-order valence-corrected chi connectivity index (χ4v) is 3.42. The van der Waals surface area contributed by atoms with Gasteiger partial charge in [-0.25, -0.2) is 4.98 Å². The SMILES string of the molecule is CCC1(C(=O)O)CCN(Cc2csc(C(C)C)n2)C1. The van der Waals surface area contributed by atoms with Crippen LogP contribution in [0.5, 0.6) is 0 Å². The van der Waals surface area contributed by atoms with E-state index in [1.807, 2.05) is 6.92 Å². The molecule has 0 radical (unpaired) electrons. The molecule has 1 atom stereocenters. The number of hydrogen-bond acceptors (Lipinski definition) is 4. The number of aromatic nitrogens is 1. The van der Waals surface area contributed by atoms with Crippen molar-refractivity contribution in [3.63, 3.8) is 0 Å². The molecule has 1 aliphatic rings. The Bertz CT molecular complexity index is 458. The van der Waals surface area contributed by atoms with Crippen LogP contribution in [0.3, 0.4) is 0 Å². The number of rotatable bonds is 5. The van der Waals surface area contributed by atoms with Gasteiger partial charge in [-0.05, 0) is 19.4 Å². The van der Waals surface area contributed by atoms with E-state index in [0.717, 1.165) is 30.2 Å². The molecule has 0 saturated carbocycles. The van der Waals surface area contributed by atoms with Gasteiger partial charge in [0.25, 0.3) is 0 Å². The molecule has 19 heavy (non-hydrogen) atoms. The van der Waals surface area contributed by atoms with Crippen LogP contribution in [0.15, 0.2) is 5.38 Å². The van der Waals surface area contributed by atoms with Crippen LogP contribution in [0, 0.1) is 5.41 Å². The number of likely N-dealkylation sites (tertiary alicyclic amines) is 1. The van der Waals surface area contributed by atoms with Gasteiger partial charge < -0.3 is 5.11 Å². The second-order valence-corrected chi connectivity index (χ2v) is 6.62. The molecule has 1 aromatic heterocycles. The highest BCUT2D eigenvalue weighted by atomic mass is 32.1. The van der Waals surface area contributed by atoms with E-state index >= 15 is 0 Å². The molecule has 1 unspecified atom stereocenters. The molecule has 0 bridgehead atoms. The standard InChI is InChI=1S/C14H22N2O2S/c1-4-14(13(17)18)5-6-16(9-14)7-11-8-19-12(15-11)10(2)3/h8,10H,4-7,9H2,1-3H3,(H,17,18). The maximum atomic E-state index is 11.4. The van der Waals surface area contributed by atoms with Gasteiger partial charge in [-0.2, -0.15) is 0 Å². The fraction of sp³-hybridized carbons (Fsp3) is 0.714. The summed E-state index contributed by atoms with van der Waals surface area (Å²) >= 11 is 1.70. The highest BCUT2D eigenvalue weighted by Gasteiger charge is 2.43. The predicted octanol–water partition coefficient (Wildman–Crippen LogP) is 2.95. The number of carboxylic acid groups (broad SMARTS) is 1. The first-order chi connectivity index (χ1) is 8.97. The first kappa shape index (κ1) is 14.5. The van der Waals surface area contributed by atoms with E-state index in [0.29, 0.717) is 18.9 Å². The molecule has 1 saturated heterocycles. The first-order valence-electron chi connectivity index (χ1n) is 6.87. The van der Waals surface area contributed by atoms with Gasteiger partial charge in [0.1, 0.15) is 0 Å². The molecule has 0 spiro atoms. The molecule has 1 N–H and O–H groups in total. The lowest BCUT2D eigenvalue weighted by atomic mass is 9.84. The van der Waals surface area contributed by atoms with Crippen LogP contribution in [0.4, 0.5) is 0 Å². The van der Waals surface area contributed by atoms with Crippen LogP contribution < -0.4 is 0 Å². The summed E-state index contributed by atoms with van der Waals surface area (Å²) in [7, 11) is 0. The van der Waals surface area contributed by atoms with E-state index in [4.69, 9.17) is 0 Å². The molecule has 2 heterocycles. The second-order valence-electron chi connectivity index (χ2n) is 5.73. The van der Waals surface area contributed by atoms with Gasteiger partial charge in [0.2, 0.25) is 0 Å². The van der Waals surface area contributed by atoms with Crippen molar-refractivity contribution in [1.29, 1.82) is 0 Å². The molecule has 4 nitrogen and oxygen atoms in total. The molecular weight excluding hydrogens is 260 g/mol. The predicted molar refractivity (Wildman–Crippen MR) is 76.5 cm³/mol. The van der Waals surface area contributed by atoms with Gasteiger partial charge in [0.15, 0.2) is 0 Å². The second kappa shape index (κ2) is 5.59. The van der Waals surface area contributed by atoms with E-state index in [1.165, 1.54) is 0 Å². The monoisotopic (exact) mass is 282 g/mol. The van der Waals surface area contributed by atoms with Gasteiger partial charge in [-0.1, -0.05) is 20.8 Å². The smallest absolute Gasteiger partial charge is 0.310 e. The molecule has 0 amide bonds. The summed E-state index contributed by atoms with van der Waals surface area (Å²) in [5, 5.41) is 12.6. The van der Waals surface area contributed by atoms with E-state index < -0.39 is 11.4 Å². The topological polar surface area (TPSA) is 53.4 Å². The van der Waals surface area contributed by atoms with Gasteiger partial charge >= 0.3 is 5.97 Å². The minimum Gasteiger partial charge on any atom is -0.481 e. The number of aliphatic carboxylic acids is 1. The van der Waals surface area contributed by atoms with Crippen LogP contribution in [-0.4, -0.2) is 34.0 Å². The number of carbonyl (C=O) groups is 1. The van der Waals surface area contributed by atoms with Crippen LogP contribution >= 0.6 is 11.3 Å². The zero-order valence-corrected chi connectivity index (χ0v) is 12.7. The number of thiazole rings is 1. The maximum absolute atomic E-state index is 11.4. The Morgan fingerprint density at radius 2 is 2.37 bits per heavy atom. The summed E-state index contributed by atoms with van der Waals surface area (Å²) in [5.41, 5.74) is 0.530. The lowest BCUT2D eigenvalue weighted by molar-refractivity contribution is -0.148. The summed E-state index contributed by atoms with van der Waals surface area (Å²) in [6.45, 7) is 8.54.